The van der Waals surface area contributed by atoms with Crippen molar-refractivity contribution in [3.63, 3.8) is 0 Å². The van der Waals surface area contributed by atoms with Gasteiger partial charge in [0.05, 0.1) is 5.51 Å². The van der Waals surface area contributed by atoms with E-state index in [0.29, 0.717) is 6.04 Å². The first-order valence-electron chi connectivity index (χ1n) is 5.49. The van der Waals surface area contributed by atoms with Crippen LogP contribution in [0.1, 0.15) is 6.42 Å². The molecule has 1 N–H and O–H groups in total. The molecule has 16 heavy (non-hydrogen) atoms. The molecular formula is C11H14N4S. The summed E-state index contributed by atoms with van der Waals surface area (Å²) in [4.78, 5) is 12.2. The highest BCUT2D eigenvalue weighted by Gasteiger charge is 2.22. The number of pyridine rings is 1. The van der Waals surface area contributed by atoms with Crippen LogP contribution in [0.25, 0.3) is 10.3 Å². The first-order valence-corrected chi connectivity index (χ1v) is 6.37. The maximum absolute atomic E-state index is 4.64. The van der Waals surface area contributed by atoms with E-state index in [4.69, 9.17) is 0 Å². The third-order valence-corrected chi connectivity index (χ3v) is 3.84. The van der Waals surface area contributed by atoms with E-state index in [1.165, 1.54) is 6.42 Å². The Kier molecular flexibility index (Phi) is 2.49. The van der Waals surface area contributed by atoms with Crippen LogP contribution in [0.2, 0.25) is 0 Å². The lowest BCUT2D eigenvalue weighted by Crippen LogP contribution is -2.29. The van der Waals surface area contributed by atoms with Crippen molar-refractivity contribution >= 4 is 27.5 Å². The van der Waals surface area contributed by atoms with E-state index in [9.17, 15) is 0 Å². The number of nitrogens with one attached hydrogen (secondary N) is 1. The van der Waals surface area contributed by atoms with Crippen LogP contribution in [-0.2, 0) is 0 Å². The van der Waals surface area contributed by atoms with Crippen LogP contribution in [0, 0.1) is 0 Å². The van der Waals surface area contributed by atoms with Crippen molar-refractivity contribution in [1.82, 2.24) is 15.3 Å². The average Bonchev–Trinajstić information content (AvgIpc) is 2.96. The highest BCUT2D eigenvalue weighted by atomic mass is 32.1. The number of hydrogen-bond donors (Lipinski definition) is 1. The van der Waals surface area contributed by atoms with E-state index in [1.54, 1.807) is 11.3 Å². The summed E-state index contributed by atoms with van der Waals surface area (Å²) in [6.45, 7) is 2.14. The van der Waals surface area contributed by atoms with E-state index < -0.39 is 0 Å². The van der Waals surface area contributed by atoms with Crippen LogP contribution in [-0.4, -0.2) is 36.1 Å². The number of thiazole rings is 1. The van der Waals surface area contributed by atoms with Gasteiger partial charge in [-0.05, 0) is 25.6 Å². The van der Waals surface area contributed by atoms with Gasteiger partial charge < -0.3 is 10.2 Å². The fraction of sp³-hybridized carbons (Fsp3) is 0.455. The van der Waals surface area contributed by atoms with Crippen molar-refractivity contribution in [2.45, 2.75) is 12.5 Å². The van der Waals surface area contributed by atoms with Crippen molar-refractivity contribution in [3.8, 4) is 0 Å². The molecule has 0 aliphatic carbocycles. The normalized spacial score (nSPS) is 20.8. The molecule has 1 fully saturated rings. The molecule has 5 heteroatoms. The summed E-state index contributed by atoms with van der Waals surface area (Å²) < 4.78 is 0. The largest absolute Gasteiger partial charge is 0.355 e. The van der Waals surface area contributed by atoms with Crippen LogP contribution < -0.4 is 10.2 Å². The second kappa shape index (κ2) is 3.99. The molecular weight excluding hydrogens is 220 g/mol. The first kappa shape index (κ1) is 9.99. The van der Waals surface area contributed by atoms with Gasteiger partial charge in [0.1, 0.15) is 16.2 Å². The van der Waals surface area contributed by atoms with Crippen molar-refractivity contribution < 1.29 is 0 Å². The molecule has 0 spiro atoms. The molecule has 1 aliphatic heterocycles. The third-order valence-electron chi connectivity index (χ3n) is 3.10. The monoisotopic (exact) mass is 234 g/mol. The van der Waals surface area contributed by atoms with Gasteiger partial charge in [0, 0.05) is 19.1 Å². The number of rotatable bonds is 2. The van der Waals surface area contributed by atoms with Crippen LogP contribution in [0.15, 0.2) is 17.6 Å². The first-order chi connectivity index (χ1) is 7.86. The highest BCUT2D eigenvalue weighted by molar-refractivity contribution is 7.16. The summed E-state index contributed by atoms with van der Waals surface area (Å²) in [7, 11) is 2.02. The van der Waals surface area contributed by atoms with E-state index >= 15 is 0 Å². The van der Waals surface area contributed by atoms with Gasteiger partial charge in [-0.15, -0.1) is 11.3 Å². The molecule has 2 aromatic heterocycles. The lowest BCUT2D eigenvalue weighted by Gasteiger charge is -2.16. The molecule has 3 rings (SSSR count). The molecule has 84 valence electrons. The molecule has 1 atom stereocenters. The topological polar surface area (TPSA) is 41.0 Å². The molecule has 0 amide bonds. The minimum absolute atomic E-state index is 0.596. The molecule has 1 aliphatic rings. The van der Waals surface area contributed by atoms with Gasteiger partial charge in [0.2, 0.25) is 0 Å². The smallest absolute Gasteiger partial charge is 0.145 e. The van der Waals surface area contributed by atoms with Crippen LogP contribution in [0.4, 0.5) is 5.82 Å². The number of likely N-dealkylation sites (N-methyl/N-ethyl adjacent to an activating group) is 1. The Hall–Kier alpha value is -1.20. The molecule has 3 heterocycles. The summed E-state index contributed by atoms with van der Waals surface area (Å²) in [6.07, 6.45) is 1.19. The Bertz CT molecular complexity index is 495. The standard InChI is InChI=1S/C11H14N4S/c1-12-8-4-5-15(6-8)10-3-2-9-11(14-10)16-7-13-9/h2-3,7-8,12H,4-6H2,1H3/t8-/m0/s1. The molecule has 0 saturated carbocycles. The SMILES string of the molecule is CN[C@H]1CCN(c2ccc3ncsc3n2)C1. The van der Waals surface area contributed by atoms with Gasteiger partial charge in [0.25, 0.3) is 0 Å². The second-order valence-electron chi connectivity index (χ2n) is 4.07. The van der Waals surface area contributed by atoms with Gasteiger partial charge >= 0.3 is 0 Å². The molecule has 0 unspecified atom stereocenters. The highest BCUT2D eigenvalue weighted by Crippen LogP contribution is 2.22. The zero-order valence-electron chi connectivity index (χ0n) is 9.18. The van der Waals surface area contributed by atoms with Gasteiger partial charge in [0.15, 0.2) is 0 Å². The molecule has 0 aromatic carbocycles. The predicted molar refractivity (Wildman–Crippen MR) is 67.1 cm³/mol. The molecule has 2 aromatic rings. The number of fused-ring (bicyclic) bond motifs is 1. The lowest BCUT2D eigenvalue weighted by molar-refractivity contribution is 0.616. The van der Waals surface area contributed by atoms with E-state index in [1.807, 2.05) is 12.6 Å². The van der Waals surface area contributed by atoms with Gasteiger partial charge in [-0.1, -0.05) is 0 Å². The van der Waals surface area contributed by atoms with Gasteiger partial charge in [-0.25, -0.2) is 9.97 Å². The fourth-order valence-electron chi connectivity index (χ4n) is 2.12. The molecule has 4 nitrogen and oxygen atoms in total. The number of aromatic nitrogens is 2. The predicted octanol–water partition coefficient (Wildman–Crippen LogP) is 1.49. The lowest BCUT2D eigenvalue weighted by atomic mass is 10.3. The number of hydrogen-bond acceptors (Lipinski definition) is 5. The quantitative estimate of drug-likeness (QED) is 0.854. The minimum Gasteiger partial charge on any atom is -0.355 e. The van der Waals surface area contributed by atoms with Crippen LogP contribution in [0.3, 0.4) is 0 Å². The maximum atomic E-state index is 4.64. The van der Waals surface area contributed by atoms with Crippen molar-refractivity contribution in [2.75, 3.05) is 25.0 Å². The molecule has 1 saturated heterocycles. The average molecular weight is 234 g/mol. The van der Waals surface area contributed by atoms with Crippen molar-refractivity contribution in [3.05, 3.63) is 17.6 Å². The zero-order chi connectivity index (χ0) is 11.0. The van der Waals surface area contributed by atoms with Crippen molar-refractivity contribution in [1.29, 1.82) is 0 Å². The third kappa shape index (κ3) is 1.66. The van der Waals surface area contributed by atoms with Gasteiger partial charge in [-0.2, -0.15) is 0 Å². The van der Waals surface area contributed by atoms with E-state index in [0.717, 1.165) is 29.3 Å². The summed E-state index contributed by atoms with van der Waals surface area (Å²) in [5.41, 5.74) is 2.85. The zero-order valence-corrected chi connectivity index (χ0v) is 10.00. The number of nitrogens with zero attached hydrogens (tertiary/aromatic N) is 3. The van der Waals surface area contributed by atoms with E-state index in [-0.39, 0.29) is 0 Å². The fourth-order valence-corrected chi connectivity index (χ4v) is 2.78. The summed E-state index contributed by atoms with van der Waals surface area (Å²) in [5, 5.41) is 3.32. The summed E-state index contributed by atoms with van der Waals surface area (Å²) in [5.74, 6) is 1.08. The Balaban J connectivity index is 1.88. The Labute approximate surface area is 98.3 Å². The van der Waals surface area contributed by atoms with Crippen LogP contribution in [0.5, 0.6) is 0 Å². The van der Waals surface area contributed by atoms with Crippen LogP contribution >= 0.6 is 11.3 Å². The second-order valence-corrected chi connectivity index (χ2v) is 4.90. The Morgan fingerprint density at radius 1 is 1.50 bits per heavy atom. The molecule has 0 radical (unpaired) electrons. The maximum Gasteiger partial charge on any atom is 0.145 e. The Morgan fingerprint density at radius 3 is 3.25 bits per heavy atom. The Morgan fingerprint density at radius 2 is 2.44 bits per heavy atom. The number of anilines is 1. The summed E-state index contributed by atoms with van der Waals surface area (Å²) in [6, 6.07) is 4.72. The van der Waals surface area contributed by atoms with Gasteiger partial charge in [-0.3, -0.25) is 0 Å². The summed E-state index contributed by atoms with van der Waals surface area (Å²) >= 11 is 1.60. The minimum atomic E-state index is 0.596. The van der Waals surface area contributed by atoms with E-state index in [2.05, 4.69) is 32.3 Å². The molecule has 0 bridgehead atoms. The van der Waals surface area contributed by atoms with Crippen molar-refractivity contribution in [2.24, 2.45) is 0 Å².